The molecule has 2 aromatic rings. The van der Waals surface area contributed by atoms with Gasteiger partial charge < -0.3 is 9.47 Å². The molecule has 1 fully saturated rings. The highest BCUT2D eigenvalue weighted by Crippen LogP contribution is 2.31. The Kier molecular flexibility index (Phi) is 3.69. The van der Waals surface area contributed by atoms with Crippen LogP contribution in [0.25, 0.3) is 0 Å². The topological polar surface area (TPSA) is 55.9 Å². The number of sulfone groups is 1. The molecule has 2 aromatic carbocycles. The lowest BCUT2D eigenvalue weighted by atomic mass is 10.2. The highest BCUT2D eigenvalue weighted by molar-refractivity contribution is 7.91. The van der Waals surface area contributed by atoms with Crippen molar-refractivity contribution in [2.45, 2.75) is 22.8 Å². The van der Waals surface area contributed by atoms with E-state index in [0.29, 0.717) is 23.9 Å². The van der Waals surface area contributed by atoms with Crippen molar-refractivity contribution in [2.24, 2.45) is 0 Å². The highest BCUT2D eigenvalue weighted by atomic mass is 32.2. The van der Waals surface area contributed by atoms with Crippen LogP contribution in [0.2, 0.25) is 0 Å². The number of benzene rings is 2. The van der Waals surface area contributed by atoms with Crippen LogP contribution < -0.4 is 4.74 Å². The average molecular weight is 304 g/mol. The summed E-state index contributed by atoms with van der Waals surface area (Å²) in [4.78, 5) is 0.503. The van der Waals surface area contributed by atoms with Crippen LogP contribution in [0, 0.1) is 6.92 Å². The van der Waals surface area contributed by atoms with Gasteiger partial charge in [-0.15, -0.1) is 0 Å². The Labute approximate surface area is 124 Å². The minimum Gasteiger partial charge on any atom is -0.489 e. The second-order valence-electron chi connectivity index (χ2n) is 4.98. The predicted octanol–water partition coefficient (Wildman–Crippen LogP) is 2.61. The maximum absolute atomic E-state index is 12.8. The van der Waals surface area contributed by atoms with Crippen LogP contribution in [0.4, 0.5) is 0 Å². The zero-order valence-electron chi connectivity index (χ0n) is 11.7. The number of para-hydroxylation sites is 1. The minimum atomic E-state index is -3.59. The van der Waals surface area contributed by atoms with Gasteiger partial charge in [0.15, 0.2) is 0 Å². The van der Waals surface area contributed by atoms with E-state index in [9.17, 15) is 8.42 Å². The number of rotatable bonds is 5. The van der Waals surface area contributed by atoms with Gasteiger partial charge in [0.1, 0.15) is 23.4 Å². The molecule has 1 aliphatic heterocycles. The summed E-state index contributed by atoms with van der Waals surface area (Å²) in [5, 5.41) is 0. The second-order valence-corrected chi connectivity index (χ2v) is 6.87. The number of aryl methyl sites for hydroxylation is 1. The van der Waals surface area contributed by atoms with Crippen molar-refractivity contribution in [2.75, 3.05) is 13.2 Å². The fourth-order valence-electron chi connectivity index (χ4n) is 2.11. The maximum Gasteiger partial charge on any atom is 0.210 e. The predicted molar refractivity (Wildman–Crippen MR) is 78.3 cm³/mol. The molecule has 0 amide bonds. The maximum atomic E-state index is 12.8. The smallest absolute Gasteiger partial charge is 0.210 e. The van der Waals surface area contributed by atoms with Gasteiger partial charge in [0, 0.05) is 0 Å². The van der Waals surface area contributed by atoms with Crippen molar-refractivity contribution in [3.8, 4) is 5.75 Å². The molecule has 0 N–H and O–H groups in total. The Hall–Kier alpha value is -1.85. The molecule has 0 aliphatic carbocycles. The molecule has 5 heteroatoms. The van der Waals surface area contributed by atoms with E-state index >= 15 is 0 Å². The lowest BCUT2D eigenvalue weighted by Gasteiger charge is -2.12. The molecule has 1 atom stereocenters. The molecule has 1 saturated heterocycles. The molecule has 0 spiro atoms. The van der Waals surface area contributed by atoms with Crippen LogP contribution in [0.15, 0.2) is 58.3 Å². The van der Waals surface area contributed by atoms with Gasteiger partial charge in [-0.1, -0.05) is 30.3 Å². The van der Waals surface area contributed by atoms with Crippen molar-refractivity contribution in [1.82, 2.24) is 0 Å². The number of ether oxygens (including phenoxy) is 2. The molecule has 3 rings (SSSR count). The van der Waals surface area contributed by atoms with E-state index < -0.39 is 9.84 Å². The van der Waals surface area contributed by atoms with Gasteiger partial charge >= 0.3 is 0 Å². The van der Waals surface area contributed by atoms with Crippen LogP contribution in [0.5, 0.6) is 5.75 Å². The van der Waals surface area contributed by atoms with Gasteiger partial charge in [-0.25, -0.2) is 8.42 Å². The molecule has 0 radical (unpaired) electrons. The van der Waals surface area contributed by atoms with Crippen molar-refractivity contribution in [3.63, 3.8) is 0 Å². The van der Waals surface area contributed by atoms with Crippen LogP contribution in [0.1, 0.15) is 5.56 Å². The van der Waals surface area contributed by atoms with Gasteiger partial charge in [-0.2, -0.15) is 0 Å². The summed E-state index contributed by atoms with van der Waals surface area (Å²) in [5.74, 6) is 0.372. The Morgan fingerprint density at radius 1 is 1.10 bits per heavy atom. The molecule has 1 heterocycles. The third-order valence-electron chi connectivity index (χ3n) is 3.35. The van der Waals surface area contributed by atoms with Crippen LogP contribution in [-0.4, -0.2) is 27.7 Å². The van der Waals surface area contributed by atoms with E-state index in [1.54, 1.807) is 49.4 Å². The number of epoxide rings is 1. The summed E-state index contributed by atoms with van der Waals surface area (Å²) in [5.41, 5.74) is 0.720. The molecule has 0 aromatic heterocycles. The van der Waals surface area contributed by atoms with Crippen molar-refractivity contribution in [1.29, 1.82) is 0 Å². The first-order valence-corrected chi connectivity index (χ1v) is 8.21. The van der Waals surface area contributed by atoms with Crippen LogP contribution >= 0.6 is 0 Å². The molecule has 1 unspecified atom stereocenters. The SMILES string of the molecule is Cc1ccccc1S(=O)(=O)c1ccccc1OCC1CO1. The normalized spacial score (nSPS) is 17.5. The standard InChI is InChI=1S/C16H16O4S/c1-12-6-2-4-8-15(12)21(17,18)16-9-5-3-7-14(16)20-11-13-10-19-13/h2-9,13H,10-11H2,1H3. The fraction of sp³-hybridized carbons (Fsp3) is 0.250. The number of hydrogen-bond donors (Lipinski definition) is 0. The number of hydrogen-bond acceptors (Lipinski definition) is 4. The Bertz CT molecular complexity index is 748. The molecule has 1 aliphatic rings. The summed E-state index contributed by atoms with van der Waals surface area (Å²) < 4.78 is 36.3. The van der Waals surface area contributed by atoms with Gasteiger partial charge in [0.2, 0.25) is 9.84 Å². The Morgan fingerprint density at radius 2 is 1.71 bits per heavy atom. The van der Waals surface area contributed by atoms with E-state index in [1.165, 1.54) is 0 Å². The lowest BCUT2D eigenvalue weighted by molar-refractivity contribution is 0.258. The zero-order chi connectivity index (χ0) is 14.9. The van der Waals surface area contributed by atoms with Crippen molar-refractivity contribution < 1.29 is 17.9 Å². The van der Waals surface area contributed by atoms with Crippen molar-refractivity contribution >= 4 is 9.84 Å². The molecular weight excluding hydrogens is 288 g/mol. The van der Waals surface area contributed by atoms with E-state index in [-0.39, 0.29) is 11.0 Å². The van der Waals surface area contributed by atoms with Gasteiger partial charge in [0.05, 0.1) is 11.5 Å². The van der Waals surface area contributed by atoms with Crippen molar-refractivity contribution in [3.05, 3.63) is 54.1 Å². The molecule has 0 bridgehead atoms. The first-order valence-electron chi connectivity index (χ1n) is 6.73. The van der Waals surface area contributed by atoms with Gasteiger partial charge in [-0.3, -0.25) is 0 Å². The summed E-state index contributed by atoms with van der Waals surface area (Å²) in [6, 6.07) is 13.7. The third kappa shape index (κ3) is 2.94. The Morgan fingerprint density at radius 3 is 2.38 bits per heavy atom. The largest absolute Gasteiger partial charge is 0.489 e. The quantitative estimate of drug-likeness (QED) is 0.797. The van der Waals surface area contributed by atoms with Crippen LogP contribution in [-0.2, 0) is 14.6 Å². The van der Waals surface area contributed by atoms with Crippen LogP contribution in [0.3, 0.4) is 0 Å². The first kappa shape index (κ1) is 14.1. The van der Waals surface area contributed by atoms with E-state index in [0.717, 1.165) is 5.56 Å². The minimum absolute atomic E-state index is 0.0826. The van der Waals surface area contributed by atoms with Gasteiger partial charge in [0.25, 0.3) is 0 Å². The van der Waals surface area contributed by atoms with Gasteiger partial charge in [-0.05, 0) is 30.7 Å². The van der Waals surface area contributed by atoms with E-state index in [4.69, 9.17) is 9.47 Å². The third-order valence-corrected chi connectivity index (χ3v) is 5.30. The average Bonchev–Trinajstić information content (AvgIpc) is 3.30. The van der Waals surface area contributed by atoms with E-state index in [2.05, 4.69) is 0 Å². The summed E-state index contributed by atoms with van der Waals surface area (Å²) in [6.45, 7) is 2.83. The molecule has 21 heavy (non-hydrogen) atoms. The summed E-state index contributed by atoms with van der Waals surface area (Å²) in [6.07, 6.45) is 0.0826. The zero-order valence-corrected chi connectivity index (χ0v) is 12.5. The molecule has 4 nitrogen and oxygen atoms in total. The monoisotopic (exact) mass is 304 g/mol. The Balaban J connectivity index is 2.00. The lowest BCUT2D eigenvalue weighted by Crippen LogP contribution is -2.10. The fourth-order valence-corrected chi connectivity index (χ4v) is 3.75. The second kappa shape index (κ2) is 5.50. The summed E-state index contributed by atoms with van der Waals surface area (Å²) in [7, 11) is -3.59. The van der Waals surface area contributed by atoms with E-state index in [1.807, 2.05) is 6.07 Å². The first-order chi connectivity index (χ1) is 10.1. The molecular formula is C16H16O4S. The summed E-state index contributed by atoms with van der Waals surface area (Å²) >= 11 is 0. The molecule has 0 saturated carbocycles. The molecule has 110 valence electrons. The highest BCUT2D eigenvalue weighted by Gasteiger charge is 2.26.